The van der Waals surface area contributed by atoms with E-state index in [-0.39, 0.29) is 6.04 Å². The first-order valence-corrected chi connectivity index (χ1v) is 6.13. The summed E-state index contributed by atoms with van der Waals surface area (Å²) in [6.07, 6.45) is 5.09. The molecule has 19 heavy (non-hydrogen) atoms. The summed E-state index contributed by atoms with van der Waals surface area (Å²) < 4.78 is 0. The number of rotatable bonds is 2. The van der Waals surface area contributed by atoms with Crippen molar-refractivity contribution in [1.82, 2.24) is 9.97 Å². The van der Waals surface area contributed by atoms with Crippen LogP contribution in [0.15, 0.2) is 30.6 Å². The third kappa shape index (κ3) is 2.20. The molecule has 1 aliphatic carbocycles. The molecule has 94 valence electrons. The largest absolute Gasteiger partial charge is 0.399 e. The van der Waals surface area contributed by atoms with E-state index in [9.17, 15) is 0 Å². The number of aryl methyl sites for hydroxylation is 1. The van der Waals surface area contributed by atoms with E-state index in [1.165, 1.54) is 17.3 Å². The average molecular weight is 251 g/mol. The smallest absolute Gasteiger partial charge is 0.158 e. The zero-order valence-corrected chi connectivity index (χ0v) is 10.3. The van der Waals surface area contributed by atoms with E-state index in [0.717, 1.165) is 18.5 Å². The molecule has 1 heterocycles. The van der Waals surface area contributed by atoms with E-state index in [0.29, 0.717) is 11.5 Å². The molecule has 0 amide bonds. The summed E-state index contributed by atoms with van der Waals surface area (Å²) in [5, 5.41) is 12.0. The fourth-order valence-corrected chi connectivity index (χ4v) is 2.43. The van der Waals surface area contributed by atoms with Crippen LogP contribution >= 0.6 is 0 Å². The number of anilines is 2. The Morgan fingerprint density at radius 3 is 2.95 bits per heavy atom. The van der Waals surface area contributed by atoms with Crippen LogP contribution in [0.4, 0.5) is 11.5 Å². The summed E-state index contributed by atoms with van der Waals surface area (Å²) in [5.41, 5.74) is 9.47. The van der Waals surface area contributed by atoms with E-state index in [2.05, 4.69) is 21.4 Å². The summed E-state index contributed by atoms with van der Waals surface area (Å²) in [6, 6.07) is 8.20. The van der Waals surface area contributed by atoms with Crippen molar-refractivity contribution in [2.45, 2.75) is 18.9 Å². The molecule has 2 aromatic rings. The number of fused-ring (bicyclic) bond motifs is 1. The van der Waals surface area contributed by atoms with Crippen molar-refractivity contribution < 1.29 is 0 Å². The summed E-state index contributed by atoms with van der Waals surface area (Å²) in [6.45, 7) is 0. The normalized spacial score (nSPS) is 16.7. The predicted octanol–water partition coefficient (Wildman–Crippen LogP) is 2.03. The maximum atomic E-state index is 8.68. The van der Waals surface area contributed by atoms with Gasteiger partial charge in [0.25, 0.3) is 0 Å². The lowest BCUT2D eigenvalue weighted by atomic mass is 10.1. The van der Waals surface area contributed by atoms with Crippen LogP contribution in [0.1, 0.15) is 29.3 Å². The SMILES string of the molecule is N#Cc1cnc(NC2CCc3cc(N)ccc32)cn1. The monoisotopic (exact) mass is 251 g/mol. The van der Waals surface area contributed by atoms with Crippen LogP contribution in [-0.4, -0.2) is 9.97 Å². The standard InChI is InChI=1S/C14H13N5/c15-6-11-7-18-14(8-17-11)19-13-4-1-9-5-10(16)2-3-12(9)13/h2-3,5,7-8,13H,1,4,16H2,(H,18,19). The molecule has 0 aliphatic heterocycles. The molecule has 0 radical (unpaired) electrons. The molecule has 1 unspecified atom stereocenters. The average Bonchev–Trinajstić information content (AvgIpc) is 2.82. The molecule has 3 rings (SSSR count). The minimum Gasteiger partial charge on any atom is -0.399 e. The van der Waals surface area contributed by atoms with Crippen molar-refractivity contribution in [3.05, 3.63) is 47.4 Å². The minimum atomic E-state index is 0.234. The Kier molecular flexibility index (Phi) is 2.76. The number of nitriles is 1. The second-order valence-corrected chi connectivity index (χ2v) is 4.59. The van der Waals surface area contributed by atoms with Gasteiger partial charge in [-0.15, -0.1) is 0 Å². The van der Waals surface area contributed by atoms with Crippen molar-refractivity contribution in [2.24, 2.45) is 0 Å². The molecule has 1 aromatic heterocycles. The Labute approximate surface area is 111 Å². The van der Waals surface area contributed by atoms with Crippen LogP contribution < -0.4 is 11.1 Å². The van der Waals surface area contributed by atoms with Crippen molar-refractivity contribution in [3.63, 3.8) is 0 Å². The third-order valence-corrected chi connectivity index (χ3v) is 3.33. The van der Waals surface area contributed by atoms with Gasteiger partial charge in [-0.25, -0.2) is 9.97 Å². The lowest BCUT2D eigenvalue weighted by Gasteiger charge is -2.14. The molecule has 1 atom stereocenters. The molecular weight excluding hydrogens is 238 g/mol. The van der Waals surface area contributed by atoms with Crippen molar-refractivity contribution in [3.8, 4) is 6.07 Å². The number of hydrogen-bond acceptors (Lipinski definition) is 5. The van der Waals surface area contributed by atoms with Gasteiger partial charge in [-0.3, -0.25) is 0 Å². The van der Waals surface area contributed by atoms with Gasteiger partial charge < -0.3 is 11.1 Å². The van der Waals surface area contributed by atoms with Gasteiger partial charge in [-0.1, -0.05) is 6.07 Å². The molecule has 5 nitrogen and oxygen atoms in total. The molecule has 1 aromatic carbocycles. The van der Waals surface area contributed by atoms with Crippen LogP contribution in [0.25, 0.3) is 0 Å². The molecular formula is C14H13N5. The first kappa shape index (κ1) is 11.5. The Morgan fingerprint density at radius 1 is 1.32 bits per heavy atom. The van der Waals surface area contributed by atoms with Crippen LogP contribution in [0, 0.1) is 11.3 Å². The topological polar surface area (TPSA) is 87.6 Å². The lowest BCUT2D eigenvalue weighted by molar-refractivity contribution is 0.756. The molecule has 5 heteroatoms. The highest BCUT2D eigenvalue weighted by molar-refractivity contribution is 5.50. The van der Waals surface area contributed by atoms with Gasteiger partial charge in [0.2, 0.25) is 0 Å². The van der Waals surface area contributed by atoms with Crippen LogP contribution in [-0.2, 0) is 6.42 Å². The Morgan fingerprint density at radius 2 is 2.21 bits per heavy atom. The van der Waals surface area contributed by atoms with Crippen LogP contribution in [0.2, 0.25) is 0 Å². The predicted molar refractivity (Wildman–Crippen MR) is 72.3 cm³/mol. The van der Waals surface area contributed by atoms with Gasteiger partial charge in [-0.05, 0) is 36.1 Å². The van der Waals surface area contributed by atoms with Gasteiger partial charge in [0.05, 0.1) is 18.4 Å². The maximum absolute atomic E-state index is 8.68. The van der Waals surface area contributed by atoms with E-state index < -0.39 is 0 Å². The fourth-order valence-electron chi connectivity index (χ4n) is 2.43. The maximum Gasteiger partial charge on any atom is 0.158 e. The number of nitrogen functional groups attached to an aromatic ring is 1. The summed E-state index contributed by atoms with van der Waals surface area (Å²) in [7, 11) is 0. The van der Waals surface area contributed by atoms with Crippen molar-refractivity contribution in [1.29, 1.82) is 5.26 Å². The van der Waals surface area contributed by atoms with E-state index in [1.54, 1.807) is 6.20 Å². The quantitative estimate of drug-likeness (QED) is 0.797. The van der Waals surface area contributed by atoms with Gasteiger partial charge in [0.15, 0.2) is 5.69 Å². The second kappa shape index (κ2) is 4.58. The summed E-state index contributed by atoms with van der Waals surface area (Å²) in [5.74, 6) is 0.689. The zero-order valence-electron chi connectivity index (χ0n) is 10.3. The Bertz CT molecular complexity index is 642. The Balaban J connectivity index is 1.80. The molecule has 0 saturated heterocycles. The molecule has 0 fully saturated rings. The summed E-state index contributed by atoms with van der Waals surface area (Å²) >= 11 is 0. The Hall–Kier alpha value is -2.61. The molecule has 0 saturated carbocycles. The summed E-state index contributed by atoms with van der Waals surface area (Å²) in [4.78, 5) is 8.19. The molecule has 0 spiro atoms. The fraction of sp³-hybridized carbons (Fsp3) is 0.214. The number of benzene rings is 1. The highest BCUT2D eigenvalue weighted by atomic mass is 15.0. The van der Waals surface area contributed by atoms with Crippen LogP contribution in [0.3, 0.4) is 0 Å². The highest BCUT2D eigenvalue weighted by Crippen LogP contribution is 2.34. The van der Waals surface area contributed by atoms with Crippen molar-refractivity contribution >= 4 is 11.5 Å². The molecule has 1 aliphatic rings. The zero-order chi connectivity index (χ0) is 13.2. The molecule has 0 bridgehead atoms. The lowest BCUT2D eigenvalue weighted by Crippen LogP contribution is -2.08. The third-order valence-electron chi connectivity index (χ3n) is 3.33. The van der Waals surface area contributed by atoms with Crippen LogP contribution in [0.5, 0.6) is 0 Å². The van der Waals surface area contributed by atoms with Gasteiger partial charge >= 0.3 is 0 Å². The number of aromatic nitrogens is 2. The van der Waals surface area contributed by atoms with Crippen molar-refractivity contribution in [2.75, 3.05) is 11.1 Å². The van der Waals surface area contributed by atoms with E-state index >= 15 is 0 Å². The van der Waals surface area contributed by atoms with Gasteiger partial charge in [0.1, 0.15) is 11.9 Å². The highest BCUT2D eigenvalue weighted by Gasteiger charge is 2.22. The number of nitrogens with one attached hydrogen (secondary N) is 1. The molecule has 3 N–H and O–H groups in total. The first-order valence-electron chi connectivity index (χ1n) is 6.13. The van der Waals surface area contributed by atoms with E-state index in [4.69, 9.17) is 11.0 Å². The van der Waals surface area contributed by atoms with Gasteiger partial charge in [0, 0.05) is 5.69 Å². The minimum absolute atomic E-state index is 0.234. The second-order valence-electron chi connectivity index (χ2n) is 4.59. The number of hydrogen-bond donors (Lipinski definition) is 2. The van der Waals surface area contributed by atoms with Gasteiger partial charge in [-0.2, -0.15) is 5.26 Å². The van der Waals surface area contributed by atoms with E-state index in [1.807, 2.05) is 18.2 Å². The first-order chi connectivity index (χ1) is 9.26. The number of nitrogens with two attached hydrogens (primary N) is 1. The number of nitrogens with zero attached hydrogens (tertiary/aromatic N) is 3.